The highest BCUT2D eigenvalue weighted by Gasteiger charge is 2.30. The minimum Gasteiger partial charge on any atom is -0.478 e. The van der Waals surface area contributed by atoms with Crippen molar-refractivity contribution < 1.29 is 18.3 Å². The Labute approximate surface area is 116 Å². The van der Waals surface area contributed by atoms with E-state index in [-0.39, 0.29) is 22.9 Å². The van der Waals surface area contributed by atoms with Crippen molar-refractivity contribution in [2.24, 2.45) is 0 Å². The van der Waals surface area contributed by atoms with Crippen LogP contribution in [0.25, 0.3) is 0 Å². The van der Waals surface area contributed by atoms with E-state index in [0.717, 1.165) is 6.26 Å². The Balaban J connectivity index is 2.97. The van der Waals surface area contributed by atoms with Gasteiger partial charge < -0.3 is 10.4 Å². The molecular formula is C11H15ClN2O4S. The van der Waals surface area contributed by atoms with E-state index in [1.54, 1.807) is 13.8 Å². The molecule has 1 aromatic heterocycles. The lowest BCUT2D eigenvalue weighted by molar-refractivity contribution is 0.0697. The van der Waals surface area contributed by atoms with Crippen molar-refractivity contribution in [2.45, 2.75) is 18.6 Å². The normalized spacial score (nSPS) is 12.2. The Kier molecular flexibility index (Phi) is 4.42. The second kappa shape index (κ2) is 5.34. The van der Waals surface area contributed by atoms with E-state index in [2.05, 4.69) is 10.3 Å². The summed E-state index contributed by atoms with van der Waals surface area (Å²) in [4.78, 5) is 14.8. The number of halogens is 1. The van der Waals surface area contributed by atoms with E-state index < -0.39 is 20.6 Å². The fraction of sp³-hybridized carbons (Fsp3) is 0.455. The number of carbonyl (C=O) groups is 1. The Bertz CT molecular complexity index is 599. The molecule has 1 aromatic rings. The molecule has 2 N–H and O–H groups in total. The van der Waals surface area contributed by atoms with Crippen molar-refractivity contribution in [3.8, 4) is 0 Å². The first-order valence-electron chi connectivity index (χ1n) is 5.37. The number of nitrogens with one attached hydrogen (secondary N) is 1. The van der Waals surface area contributed by atoms with Crippen LogP contribution in [0, 0.1) is 0 Å². The first-order chi connectivity index (χ1) is 8.56. The van der Waals surface area contributed by atoms with Gasteiger partial charge in [-0.15, -0.1) is 0 Å². The third-order valence-electron chi connectivity index (χ3n) is 2.80. The van der Waals surface area contributed by atoms with Crippen molar-refractivity contribution in [1.82, 2.24) is 4.98 Å². The molecule has 106 valence electrons. The molecule has 1 rings (SSSR count). The molecule has 8 heteroatoms. The standard InChI is InChI=1S/C11H15ClN2O4S/c1-11(2,19(3,17)18)6-14-9-8(12)7(10(15)16)4-5-13-9/h4-5H,6H2,1-3H3,(H,13,14)(H,15,16). The van der Waals surface area contributed by atoms with Crippen LogP contribution >= 0.6 is 11.6 Å². The van der Waals surface area contributed by atoms with Crippen LogP contribution in [0.15, 0.2) is 12.3 Å². The first-order valence-corrected chi connectivity index (χ1v) is 7.64. The molecule has 0 saturated carbocycles. The van der Waals surface area contributed by atoms with Crippen LogP contribution in [0.2, 0.25) is 5.02 Å². The average molecular weight is 307 g/mol. The second-order valence-electron chi connectivity index (χ2n) is 4.71. The van der Waals surface area contributed by atoms with E-state index in [9.17, 15) is 13.2 Å². The highest BCUT2D eigenvalue weighted by Crippen LogP contribution is 2.25. The molecule has 0 spiro atoms. The summed E-state index contributed by atoms with van der Waals surface area (Å²) in [6.07, 6.45) is 2.43. The van der Waals surface area contributed by atoms with E-state index >= 15 is 0 Å². The van der Waals surface area contributed by atoms with Crippen LogP contribution in [0.1, 0.15) is 24.2 Å². The number of aromatic nitrogens is 1. The van der Waals surface area contributed by atoms with Gasteiger partial charge in [-0.3, -0.25) is 0 Å². The summed E-state index contributed by atoms with van der Waals surface area (Å²) in [6.45, 7) is 3.19. The van der Waals surface area contributed by atoms with Crippen LogP contribution in [0.3, 0.4) is 0 Å². The van der Waals surface area contributed by atoms with Crippen molar-refractivity contribution in [3.05, 3.63) is 22.8 Å². The van der Waals surface area contributed by atoms with E-state index in [1.165, 1.54) is 12.3 Å². The van der Waals surface area contributed by atoms with Crippen molar-refractivity contribution in [1.29, 1.82) is 0 Å². The molecule has 0 radical (unpaired) electrons. The number of sulfone groups is 1. The highest BCUT2D eigenvalue weighted by molar-refractivity contribution is 7.92. The van der Waals surface area contributed by atoms with Gasteiger partial charge in [-0.05, 0) is 19.9 Å². The van der Waals surface area contributed by atoms with Gasteiger partial charge in [-0.1, -0.05) is 11.6 Å². The van der Waals surface area contributed by atoms with E-state index in [1.807, 2.05) is 0 Å². The summed E-state index contributed by atoms with van der Waals surface area (Å²) in [5.41, 5.74) is -0.0867. The van der Waals surface area contributed by atoms with Gasteiger partial charge in [0.1, 0.15) is 5.82 Å². The van der Waals surface area contributed by atoms with Crippen LogP contribution in [-0.4, -0.2) is 42.0 Å². The summed E-state index contributed by atoms with van der Waals surface area (Å²) in [5.74, 6) is -1.02. The minimum atomic E-state index is -3.26. The lowest BCUT2D eigenvalue weighted by Gasteiger charge is -2.23. The summed E-state index contributed by atoms with van der Waals surface area (Å²) in [6, 6.07) is 1.28. The quantitative estimate of drug-likeness (QED) is 0.859. The fourth-order valence-corrected chi connectivity index (χ4v) is 1.75. The molecule has 0 aliphatic rings. The molecular weight excluding hydrogens is 292 g/mol. The van der Waals surface area contributed by atoms with Crippen LogP contribution in [0.5, 0.6) is 0 Å². The maximum absolute atomic E-state index is 11.5. The monoisotopic (exact) mass is 306 g/mol. The zero-order chi connectivity index (χ0) is 14.8. The number of pyridine rings is 1. The maximum Gasteiger partial charge on any atom is 0.337 e. The maximum atomic E-state index is 11.5. The Morgan fingerprint density at radius 1 is 1.53 bits per heavy atom. The number of hydrogen-bond acceptors (Lipinski definition) is 5. The first kappa shape index (κ1) is 15.7. The van der Waals surface area contributed by atoms with Gasteiger partial charge >= 0.3 is 5.97 Å². The van der Waals surface area contributed by atoms with Crippen molar-refractivity contribution in [3.63, 3.8) is 0 Å². The van der Waals surface area contributed by atoms with Crippen LogP contribution < -0.4 is 5.32 Å². The van der Waals surface area contributed by atoms with Gasteiger partial charge in [0.25, 0.3) is 0 Å². The molecule has 1 heterocycles. The van der Waals surface area contributed by atoms with Gasteiger partial charge in [0.05, 0.1) is 15.3 Å². The smallest absolute Gasteiger partial charge is 0.337 e. The van der Waals surface area contributed by atoms with Gasteiger partial charge in [0.2, 0.25) is 0 Å². The Morgan fingerprint density at radius 3 is 2.58 bits per heavy atom. The zero-order valence-electron chi connectivity index (χ0n) is 10.8. The second-order valence-corrected chi connectivity index (χ2v) is 7.74. The molecule has 0 atom stereocenters. The Hall–Kier alpha value is -1.34. The predicted molar refractivity (Wildman–Crippen MR) is 73.6 cm³/mol. The van der Waals surface area contributed by atoms with Gasteiger partial charge in [0, 0.05) is 19.0 Å². The van der Waals surface area contributed by atoms with Crippen molar-refractivity contribution in [2.75, 3.05) is 18.1 Å². The summed E-state index contributed by atoms with van der Waals surface area (Å²) in [7, 11) is -3.26. The predicted octanol–water partition coefficient (Wildman–Crippen LogP) is 1.67. The molecule has 0 amide bonds. The minimum absolute atomic E-state index is 0.0423. The summed E-state index contributed by atoms with van der Waals surface area (Å²) >= 11 is 5.89. The largest absolute Gasteiger partial charge is 0.478 e. The van der Waals surface area contributed by atoms with Crippen LogP contribution in [0.4, 0.5) is 5.82 Å². The number of carboxylic acid groups (broad SMARTS) is 1. The number of aromatic carboxylic acids is 1. The van der Waals surface area contributed by atoms with Crippen molar-refractivity contribution >= 4 is 33.2 Å². The SMILES string of the molecule is CC(C)(CNc1nccc(C(=O)O)c1Cl)S(C)(=O)=O. The third-order valence-corrected chi connectivity index (χ3v) is 5.34. The fourth-order valence-electron chi connectivity index (χ4n) is 1.16. The molecule has 0 saturated heterocycles. The molecule has 0 fully saturated rings. The van der Waals surface area contributed by atoms with Gasteiger partial charge in [-0.2, -0.15) is 0 Å². The number of carboxylic acids is 1. The number of rotatable bonds is 5. The topological polar surface area (TPSA) is 96.4 Å². The molecule has 0 aliphatic carbocycles. The lowest BCUT2D eigenvalue weighted by atomic mass is 10.2. The van der Waals surface area contributed by atoms with E-state index in [0.29, 0.717) is 0 Å². The molecule has 0 aromatic carbocycles. The number of nitrogens with zero attached hydrogens (tertiary/aromatic N) is 1. The van der Waals surface area contributed by atoms with E-state index in [4.69, 9.17) is 16.7 Å². The molecule has 0 unspecified atom stereocenters. The third kappa shape index (κ3) is 3.57. The summed E-state index contributed by atoms with van der Waals surface area (Å²) < 4.78 is 22.1. The Morgan fingerprint density at radius 2 is 2.11 bits per heavy atom. The highest BCUT2D eigenvalue weighted by atomic mass is 35.5. The summed E-state index contributed by atoms with van der Waals surface area (Å²) in [5, 5.41) is 11.6. The molecule has 0 aliphatic heterocycles. The average Bonchev–Trinajstić information content (AvgIpc) is 2.25. The number of hydrogen-bond donors (Lipinski definition) is 2. The number of anilines is 1. The molecule has 0 bridgehead atoms. The molecule has 19 heavy (non-hydrogen) atoms. The van der Waals surface area contributed by atoms with Gasteiger partial charge in [-0.25, -0.2) is 18.2 Å². The van der Waals surface area contributed by atoms with Crippen LogP contribution in [-0.2, 0) is 9.84 Å². The zero-order valence-corrected chi connectivity index (χ0v) is 12.3. The van der Waals surface area contributed by atoms with Gasteiger partial charge in [0.15, 0.2) is 9.84 Å². The molecule has 6 nitrogen and oxygen atoms in total. The lowest BCUT2D eigenvalue weighted by Crippen LogP contribution is -2.38.